The van der Waals surface area contributed by atoms with Crippen LogP contribution in [0.25, 0.3) is 0 Å². The minimum atomic E-state index is -0.0195. The second-order valence-corrected chi connectivity index (χ2v) is 7.41. The molecule has 0 saturated carbocycles. The molecule has 1 aromatic carbocycles. The number of para-hydroxylation sites is 2. The number of amides is 1. The number of aromatic nitrogens is 4. The number of pyridine rings is 1. The Morgan fingerprint density at radius 3 is 2.53 bits per heavy atom. The summed E-state index contributed by atoms with van der Waals surface area (Å²) < 4.78 is 1.66. The Balaban J connectivity index is 1.29. The van der Waals surface area contributed by atoms with Gasteiger partial charge in [-0.15, -0.1) is 0 Å². The van der Waals surface area contributed by atoms with E-state index in [1.54, 1.807) is 11.0 Å². The highest BCUT2D eigenvalue weighted by molar-refractivity contribution is 5.94. The summed E-state index contributed by atoms with van der Waals surface area (Å²) in [4.78, 5) is 25.2. The highest BCUT2D eigenvalue weighted by atomic mass is 16.1. The van der Waals surface area contributed by atoms with Gasteiger partial charge in [0, 0.05) is 51.5 Å². The molecule has 1 amide bonds. The number of nitrogens with zero attached hydrogens (tertiary/aromatic N) is 6. The first kappa shape index (κ1) is 20.0. The highest BCUT2D eigenvalue weighted by Gasteiger charge is 2.19. The molecule has 4 rings (SSSR count). The van der Waals surface area contributed by atoms with Gasteiger partial charge < -0.3 is 10.2 Å². The Kier molecular flexibility index (Phi) is 6.66. The molecule has 0 unspecified atom stereocenters. The fourth-order valence-corrected chi connectivity index (χ4v) is 3.68. The zero-order valence-electron chi connectivity index (χ0n) is 17.0. The van der Waals surface area contributed by atoms with Gasteiger partial charge >= 0.3 is 0 Å². The Morgan fingerprint density at radius 2 is 1.77 bits per heavy atom. The van der Waals surface area contributed by atoms with Gasteiger partial charge in [-0.05, 0) is 36.2 Å². The lowest BCUT2D eigenvalue weighted by atomic mass is 10.1. The molecular formula is C22H27N7O. The van der Waals surface area contributed by atoms with Gasteiger partial charge in [0.15, 0.2) is 0 Å². The molecule has 0 radical (unpaired) electrons. The highest BCUT2D eigenvalue weighted by Crippen LogP contribution is 2.26. The molecule has 3 aromatic rings. The van der Waals surface area contributed by atoms with Crippen molar-refractivity contribution in [3.63, 3.8) is 0 Å². The number of hydrogen-bond acceptors (Lipinski definition) is 6. The van der Waals surface area contributed by atoms with Crippen molar-refractivity contribution < 1.29 is 4.79 Å². The minimum Gasteiger partial charge on any atom is -0.367 e. The normalized spacial score (nSPS) is 14.6. The molecule has 0 aliphatic carbocycles. The van der Waals surface area contributed by atoms with Gasteiger partial charge in [-0.25, -0.2) is 4.98 Å². The number of hydrogen-bond donors (Lipinski definition) is 1. The van der Waals surface area contributed by atoms with E-state index < -0.39 is 0 Å². The standard InChI is InChI=1S/C22H27N7O/c30-22(8-12-29-18-24-17-25-29)26-20-3-1-2-4-21(20)28-15-13-27(14-16-28)11-7-19-5-9-23-10-6-19/h1-6,9-10,17-18H,7-8,11-16H2,(H,26,30). The number of carbonyl (C=O) groups is 1. The third kappa shape index (κ3) is 5.42. The number of benzene rings is 1. The van der Waals surface area contributed by atoms with E-state index in [-0.39, 0.29) is 5.91 Å². The van der Waals surface area contributed by atoms with Crippen LogP contribution in [0.5, 0.6) is 0 Å². The summed E-state index contributed by atoms with van der Waals surface area (Å²) in [5.41, 5.74) is 3.28. The van der Waals surface area contributed by atoms with Crippen LogP contribution in [0.15, 0.2) is 61.4 Å². The molecule has 8 nitrogen and oxygen atoms in total. The number of anilines is 2. The monoisotopic (exact) mass is 405 g/mol. The second-order valence-electron chi connectivity index (χ2n) is 7.41. The number of carbonyl (C=O) groups excluding carboxylic acids is 1. The van der Waals surface area contributed by atoms with E-state index in [1.807, 2.05) is 30.6 Å². The summed E-state index contributed by atoms with van der Waals surface area (Å²) in [6, 6.07) is 12.2. The van der Waals surface area contributed by atoms with Crippen LogP contribution in [0, 0.1) is 0 Å². The van der Waals surface area contributed by atoms with Crippen molar-refractivity contribution in [1.29, 1.82) is 0 Å². The zero-order valence-corrected chi connectivity index (χ0v) is 17.0. The van der Waals surface area contributed by atoms with Crippen LogP contribution >= 0.6 is 0 Å². The van der Waals surface area contributed by atoms with Crippen LogP contribution in [0.2, 0.25) is 0 Å². The zero-order chi connectivity index (χ0) is 20.6. The van der Waals surface area contributed by atoms with E-state index in [0.717, 1.165) is 50.5 Å². The molecule has 1 N–H and O–H groups in total. The molecule has 0 spiro atoms. The lowest BCUT2D eigenvalue weighted by molar-refractivity contribution is -0.116. The summed E-state index contributed by atoms with van der Waals surface area (Å²) in [5.74, 6) is -0.0195. The van der Waals surface area contributed by atoms with E-state index in [1.165, 1.54) is 11.9 Å². The fraction of sp³-hybridized carbons (Fsp3) is 0.364. The van der Waals surface area contributed by atoms with Crippen molar-refractivity contribution in [2.45, 2.75) is 19.4 Å². The summed E-state index contributed by atoms with van der Waals surface area (Å²) in [6.07, 6.45) is 8.20. The number of aryl methyl sites for hydroxylation is 1. The van der Waals surface area contributed by atoms with Gasteiger partial charge in [0.05, 0.1) is 17.9 Å². The van der Waals surface area contributed by atoms with Crippen molar-refractivity contribution in [3.8, 4) is 0 Å². The van der Waals surface area contributed by atoms with Gasteiger partial charge in [-0.2, -0.15) is 5.10 Å². The topological polar surface area (TPSA) is 79.2 Å². The average Bonchev–Trinajstić information content (AvgIpc) is 3.32. The molecule has 1 aliphatic heterocycles. The Morgan fingerprint density at radius 1 is 0.967 bits per heavy atom. The fourth-order valence-electron chi connectivity index (χ4n) is 3.68. The molecule has 8 heteroatoms. The second kappa shape index (κ2) is 9.98. The third-order valence-electron chi connectivity index (χ3n) is 5.39. The van der Waals surface area contributed by atoms with Crippen molar-refractivity contribution >= 4 is 17.3 Å². The van der Waals surface area contributed by atoms with Crippen molar-refractivity contribution in [2.75, 3.05) is 42.9 Å². The van der Waals surface area contributed by atoms with Gasteiger partial charge in [0.25, 0.3) is 0 Å². The SMILES string of the molecule is O=C(CCn1cncn1)Nc1ccccc1N1CCN(CCc2ccncc2)CC1. The molecule has 2 aromatic heterocycles. The van der Waals surface area contributed by atoms with E-state index in [0.29, 0.717) is 13.0 Å². The Bertz CT molecular complexity index is 922. The molecule has 1 aliphatic rings. The van der Waals surface area contributed by atoms with Crippen molar-refractivity contribution in [3.05, 3.63) is 67.0 Å². The maximum atomic E-state index is 12.4. The van der Waals surface area contributed by atoms with E-state index in [9.17, 15) is 4.79 Å². The molecule has 1 saturated heterocycles. The van der Waals surface area contributed by atoms with Crippen LogP contribution < -0.4 is 10.2 Å². The van der Waals surface area contributed by atoms with Crippen LogP contribution in [-0.4, -0.2) is 63.3 Å². The quantitative estimate of drug-likeness (QED) is 0.618. The summed E-state index contributed by atoms with van der Waals surface area (Å²) >= 11 is 0. The average molecular weight is 406 g/mol. The predicted molar refractivity (Wildman–Crippen MR) is 116 cm³/mol. The number of rotatable bonds is 8. The van der Waals surface area contributed by atoms with Gasteiger partial charge in [-0.1, -0.05) is 12.1 Å². The van der Waals surface area contributed by atoms with E-state index in [4.69, 9.17) is 0 Å². The third-order valence-corrected chi connectivity index (χ3v) is 5.39. The number of nitrogens with one attached hydrogen (secondary N) is 1. The van der Waals surface area contributed by atoms with Crippen LogP contribution in [0.3, 0.4) is 0 Å². The smallest absolute Gasteiger partial charge is 0.226 e. The first-order valence-corrected chi connectivity index (χ1v) is 10.4. The first-order chi connectivity index (χ1) is 14.8. The van der Waals surface area contributed by atoms with Crippen LogP contribution in [-0.2, 0) is 17.8 Å². The molecule has 1 fully saturated rings. The molecule has 156 valence electrons. The molecular weight excluding hydrogens is 378 g/mol. The summed E-state index contributed by atoms with van der Waals surface area (Å²) in [6.45, 7) is 5.49. The summed E-state index contributed by atoms with van der Waals surface area (Å²) in [7, 11) is 0. The van der Waals surface area contributed by atoms with Gasteiger partial charge in [0.1, 0.15) is 12.7 Å². The predicted octanol–water partition coefficient (Wildman–Crippen LogP) is 2.07. The molecule has 0 bridgehead atoms. The molecule has 3 heterocycles. The van der Waals surface area contributed by atoms with Crippen LogP contribution in [0.4, 0.5) is 11.4 Å². The maximum absolute atomic E-state index is 12.4. The van der Waals surface area contributed by atoms with E-state index in [2.05, 4.69) is 48.4 Å². The van der Waals surface area contributed by atoms with Gasteiger partial charge in [-0.3, -0.25) is 19.4 Å². The maximum Gasteiger partial charge on any atom is 0.226 e. The number of piperazine rings is 1. The Hall–Kier alpha value is -3.26. The lowest BCUT2D eigenvalue weighted by Crippen LogP contribution is -2.47. The largest absolute Gasteiger partial charge is 0.367 e. The summed E-state index contributed by atoms with van der Waals surface area (Å²) in [5, 5.41) is 7.10. The lowest BCUT2D eigenvalue weighted by Gasteiger charge is -2.37. The Labute approximate surface area is 176 Å². The van der Waals surface area contributed by atoms with Crippen molar-refractivity contribution in [1.82, 2.24) is 24.6 Å². The van der Waals surface area contributed by atoms with Gasteiger partial charge in [0.2, 0.25) is 5.91 Å². The first-order valence-electron chi connectivity index (χ1n) is 10.4. The molecule has 0 atom stereocenters. The van der Waals surface area contributed by atoms with Crippen LogP contribution in [0.1, 0.15) is 12.0 Å². The van der Waals surface area contributed by atoms with E-state index >= 15 is 0 Å². The minimum absolute atomic E-state index is 0.0195. The molecule has 30 heavy (non-hydrogen) atoms. The van der Waals surface area contributed by atoms with Crippen molar-refractivity contribution in [2.24, 2.45) is 0 Å².